The number of benzene rings is 1. The number of aliphatic imine (C=N–C) groups is 1. The molecule has 1 heterocycles. The van der Waals surface area contributed by atoms with Gasteiger partial charge in [0.2, 0.25) is 10.0 Å². The third kappa shape index (κ3) is 3.10. The van der Waals surface area contributed by atoms with Gasteiger partial charge in [-0.1, -0.05) is 29.4 Å². The Labute approximate surface area is 145 Å². The predicted molar refractivity (Wildman–Crippen MR) is 92.3 cm³/mol. The Bertz CT molecular complexity index is 765. The molecule has 2 N–H and O–H groups in total. The summed E-state index contributed by atoms with van der Waals surface area (Å²) in [6, 6.07) is 4.60. The van der Waals surface area contributed by atoms with Crippen molar-refractivity contribution in [1.29, 1.82) is 0 Å². The van der Waals surface area contributed by atoms with Crippen LogP contribution in [0.15, 0.2) is 28.1 Å². The van der Waals surface area contributed by atoms with E-state index < -0.39 is 15.7 Å². The van der Waals surface area contributed by atoms with Gasteiger partial charge in [0.15, 0.2) is 10.9 Å². The Morgan fingerprint density at radius 3 is 2.74 bits per heavy atom. The van der Waals surface area contributed by atoms with Gasteiger partial charge in [-0.05, 0) is 25.0 Å². The van der Waals surface area contributed by atoms with Crippen LogP contribution in [0.2, 0.25) is 5.02 Å². The van der Waals surface area contributed by atoms with Gasteiger partial charge in [-0.15, -0.1) is 0 Å². The fraction of sp³-hybridized carbons (Fsp3) is 0.500. The van der Waals surface area contributed by atoms with Gasteiger partial charge >= 0.3 is 0 Å². The van der Waals surface area contributed by atoms with E-state index in [-0.39, 0.29) is 16.0 Å². The van der Waals surface area contributed by atoms with Gasteiger partial charge in [-0.25, -0.2) is 13.1 Å². The summed E-state index contributed by atoms with van der Waals surface area (Å²) in [5, 5.41) is 11.8. The van der Waals surface area contributed by atoms with Crippen LogP contribution >= 0.6 is 23.4 Å². The van der Waals surface area contributed by atoms with E-state index >= 15 is 0 Å². The summed E-state index contributed by atoms with van der Waals surface area (Å²) in [6.45, 7) is 0. The number of halogens is 1. The Balaban J connectivity index is 2.01. The van der Waals surface area contributed by atoms with Crippen molar-refractivity contribution < 1.29 is 13.5 Å². The minimum atomic E-state index is -3.69. The highest BCUT2D eigenvalue weighted by Gasteiger charge is 2.43. The van der Waals surface area contributed by atoms with Crippen LogP contribution in [-0.2, 0) is 15.7 Å². The predicted octanol–water partition coefficient (Wildman–Crippen LogP) is 1.59. The zero-order chi connectivity index (χ0) is 16.8. The first-order valence-corrected chi connectivity index (χ1v) is 10.0. The lowest BCUT2D eigenvalue weighted by atomic mass is 10.0. The lowest BCUT2D eigenvalue weighted by Gasteiger charge is -2.31. The molecule has 126 valence electrons. The summed E-state index contributed by atoms with van der Waals surface area (Å²) in [7, 11) is -0.307. The number of thioether (sulfide) groups is 1. The molecule has 0 aromatic heterocycles. The SMILES string of the molecule is C/N=C1\SCC(O)(c2ccc(Cl)c(S(=O)(=O)NC3CC3)c2)N1C. The topological polar surface area (TPSA) is 82.0 Å². The molecular formula is C14H18ClN3O3S2. The Morgan fingerprint density at radius 2 is 2.17 bits per heavy atom. The fourth-order valence-corrected chi connectivity index (χ4v) is 5.45. The van der Waals surface area contributed by atoms with Crippen LogP contribution in [0.25, 0.3) is 0 Å². The second-order valence-electron chi connectivity index (χ2n) is 5.71. The number of nitrogens with zero attached hydrogens (tertiary/aromatic N) is 2. The Hall–Kier alpha value is -0.800. The molecule has 6 nitrogen and oxygen atoms in total. The molecular weight excluding hydrogens is 358 g/mol. The summed E-state index contributed by atoms with van der Waals surface area (Å²) >= 11 is 7.50. The first-order valence-electron chi connectivity index (χ1n) is 7.16. The van der Waals surface area contributed by atoms with Crippen molar-refractivity contribution in [1.82, 2.24) is 9.62 Å². The van der Waals surface area contributed by atoms with E-state index in [4.69, 9.17) is 11.6 Å². The van der Waals surface area contributed by atoms with Gasteiger partial charge in [-0.2, -0.15) is 0 Å². The standard InChI is InChI=1S/C14H18ClN3O3S2/c1-16-13-18(2)14(19,8-22-13)9-3-6-11(15)12(7-9)23(20,21)17-10-4-5-10/h3,6-7,10,17,19H,4-5,8H2,1-2H3/b16-13-. The average Bonchev–Trinajstić information content (AvgIpc) is 3.25. The highest BCUT2D eigenvalue weighted by molar-refractivity contribution is 8.14. The van der Waals surface area contributed by atoms with Crippen LogP contribution in [0.5, 0.6) is 0 Å². The van der Waals surface area contributed by atoms with E-state index in [1.807, 2.05) is 0 Å². The number of hydrogen-bond donors (Lipinski definition) is 2. The molecule has 3 rings (SSSR count). The van der Waals surface area contributed by atoms with Crippen LogP contribution in [-0.4, -0.2) is 49.5 Å². The number of rotatable bonds is 4. The second kappa shape index (κ2) is 5.93. The van der Waals surface area contributed by atoms with E-state index in [0.717, 1.165) is 12.8 Å². The molecule has 2 fully saturated rings. The number of nitrogens with one attached hydrogen (secondary N) is 1. The molecule has 1 aromatic rings. The van der Waals surface area contributed by atoms with Crippen molar-refractivity contribution in [3.05, 3.63) is 28.8 Å². The third-order valence-electron chi connectivity index (χ3n) is 4.02. The summed E-state index contributed by atoms with van der Waals surface area (Å²) in [5.74, 6) is 0.368. The van der Waals surface area contributed by atoms with E-state index in [1.54, 1.807) is 25.1 Å². The van der Waals surface area contributed by atoms with E-state index in [0.29, 0.717) is 16.5 Å². The largest absolute Gasteiger partial charge is 0.366 e. The summed E-state index contributed by atoms with van der Waals surface area (Å²) in [6.07, 6.45) is 1.69. The summed E-state index contributed by atoms with van der Waals surface area (Å²) < 4.78 is 27.5. The lowest BCUT2D eigenvalue weighted by molar-refractivity contribution is -0.0349. The molecule has 1 aliphatic heterocycles. The molecule has 0 amide bonds. The van der Waals surface area contributed by atoms with E-state index in [2.05, 4.69) is 9.71 Å². The maximum atomic E-state index is 12.5. The van der Waals surface area contributed by atoms with Gasteiger partial charge in [0.1, 0.15) is 4.90 Å². The molecule has 1 unspecified atom stereocenters. The third-order valence-corrected chi connectivity index (χ3v) is 7.28. The quantitative estimate of drug-likeness (QED) is 0.835. The van der Waals surface area contributed by atoms with Crippen molar-refractivity contribution in [2.24, 2.45) is 4.99 Å². The van der Waals surface area contributed by atoms with Crippen molar-refractivity contribution in [3.8, 4) is 0 Å². The summed E-state index contributed by atoms with van der Waals surface area (Å²) in [5.41, 5.74) is -0.833. The average molecular weight is 376 g/mol. The van der Waals surface area contributed by atoms with Crippen LogP contribution in [0.4, 0.5) is 0 Å². The van der Waals surface area contributed by atoms with Crippen LogP contribution < -0.4 is 4.72 Å². The number of amidine groups is 1. The maximum Gasteiger partial charge on any atom is 0.242 e. The van der Waals surface area contributed by atoms with Crippen LogP contribution in [0, 0.1) is 0 Å². The van der Waals surface area contributed by atoms with Crippen molar-refractivity contribution in [2.75, 3.05) is 19.8 Å². The zero-order valence-electron chi connectivity index (χ0n) is 12.8. The molecule has 9 heteroatoms. The number of hydrogen-bond acceptors (Lipinski definition) is 5. The molecule has 0 bridgehead atoms. The van der Waals surface area contributed by atoms with Crippen molar-refractivity contribution in [2.45, 2.75) is 29.5 Å². The minimum Gasteiger partial charge on any atom is -0.366 e. The smallest absolute Gasteiger partial charge is 0.242 e. The zero-order valence-corrected chi connectivity index (χ0v) is 15.2. The van der Waals surface area contributed by atoms with Crippen LogP contribution in [0.3, 0.4) is 0 Å². The molecule has 1 saturated heterocycles. The molecule has 23 heavy (non-hydrogen) atoms. The molecule has 1 aliphatic carbocycles. The molecule has 2 aliphatic rings. The van der Waals surface area contributed by atoms with Crippen molar-refractivity contribution in [3.63, 3.8) is 0 Å². The number of sulfonamides is 1. The van der Waals surface area contributed by atoms with Gasteiger partial charge in [-0.3, -0.25) is 4.99 Å². The van der Waals surface area contributed by atoms with Gasteiger partial charge in [0.25, 0.3) is 0 Å². The monoisotopic (exact) mass is 375 g/mol. The highest BCUT2D eigenvalue weighted by atomic mass is 35.5. The van der Waals surface area contributed by atoms with Gasteiger partial charge < -0.3 is 10.0 Å². The Kier molecular flexibility index (Phi) is 4.39. The first kappa shape index (κ1) is 17.0. The lowest BCUT2D eigenvalue weighted by Crippen LogP contribution is -2.42. The highest BCUT2D eigenvalue weighted by Crippen LogP contribution is 2.39. The molecule has 1 atom stereocenters. The Morgan fingerprint density at radius 1 is 1.48 bits per heavy atom. The van der Waals surface area contributed by atoms with Gasteiger partial charge in [0.05, 0.1) is 10.8 Å². The van der Waals surface area contributed by atoms with Gasteiger partial charge in [0, 0.05) is 25.7 Å². The van der Waals surface area contributed by atoms with E-state index in [9.17, 15) is 13.5 Å². The molecule has 1 saturated carbocycles. The van der Waals surface area contributed by atoms with Crippen molar-refractivity contribution >= 4 is 38.6 Å². The molecule has 0 spiro atoms. The first-order chi connectivity index (χ1) is 10.8. The summed E-state index contributed by atoms with van der Waals surface area (Å²) in [4.78, 5) is 5.76. The van der Waals surface area contributed by atoms with E-state index in [1.165, 1.54) is 23.9 Å². The molecule has 0 radical (unpaired) electrons. The normalized spacial score (nSPS) is 27.0. The maximum absolute atomic E-state index is 12.5. The number of aliphatic hydroxyl groups is 1. The minimum absolute atomic E-state index is 0.00252. The fourth-order valence-electron chi connectivity index (χ4n) is 2.45. The molecule has 1 aromatic carbocycles. The second-order valence-corrected chi connectivity index (χ2v) is 8.74. The van der Waals surface area contributed by atoms with Crippen LogP contribution in [0.1, 0.15) is 18.4 Å².